The lowest BCUT2D eigenvalue weighted by atomic mass is 10.1. The fourth-order valence-electron chi connectivity index (χ4n) is 3.32. The largest absolute Gasteiger partial charge is 0.324 e. The zero-order valence-electron chi connectivity index (χ0n) is 16.1. The molecule has 0 radical (unpaired) electrons. The van der Waals surface area contributed by atoms with E-state index in [9.17, 15) is 9.59 Å². The zero-order valence-corrected chi connectivity index (χ0v) is 16.9. The summed E-state index contributed by atoms with van der Waals surface area (Å²) in [5.74, 6) is 0.979. The summed E-state index contributed by atoms with van der Waals surface area (Å²) in [5, 5.41) is 7.14. The minimum Gasteiger partial charge on any atom is -0.324 e. The van der Waals surface area contributed by atoms with Crippen LogP contribution in [0.5, 0.6) is 0 Å². The SMILES string of the molecule is Cc1cccc(NC(=O)C2CSCN2C(=O)Cc2ccc(-n3cccn3)cc2)c1. The van der Waals surface area contributed by atoms with Gasteiger partial charge in [-0.2, -0.15) is 5.10 Å². The van der Waals surface area contributed by atoms with Gasteiger partial charge in [0.1, 0.15) is 6.04 Å². The number of amides is 2. The maximum atomic E-state index is 12.9. The molecule has 2 aromatic carbocycles. The van der Waals surface area contributed by atoms with Crippen LogP contribution in [0.25, 0.3) is 5.69 Å². The van der Waals surface area contributed by atoms with Crippen LogP contribution in [-0.2, 0) is 16.0 Å². The molecule has 0 bridgehead atoms. The maximum Gasteiger partial charge on any atom is 0.248 e. The summed E-state index contributed by atoms with van der Waals surface area (Å²) >= 11 is 1.60. The molecule has 148 valence electrons. The van der Waals surface area contributed by atoms with Crippen LogP contribution in [0.2, 0.25) is 0 Å². The van der Waals surface area contributed by atoms with Crippen molar-refractivity contribution >= 4 is 29.3 Å². The van der Waals surface area contributed by atoms with Crippen molar-refractivity contribution in [2.75, 3.05) is 16.9 Å². The highest BCUT2D eigenvalue weighted by atomic mass is 32.2. The average Bonchev–Trinajstić information content (AvgIpc) is 3.41. The number of hydrogen-bond acceptors (Lipinski definition) is 4. The van der Waals surface area contributed by atoms with E-state index in [0.29, 0.717) is 11.6 Å². The van der Waals surface area contributed by atoms with E-state index in [1.165, 1.54) is 0 Å². The lowest BCUT2D eigenvalue weighted by Gasteiger charge is -2.23. The van der Waals surface area contributed by atoms with Crippen molar-refractivity contribution in [3.8, 4) is 5.69 Å². The molecule has 6 nitrogen and oxygen atoms in total. The number of carbonyl (C=O) groups excluding carboxylic acids is 2. The van der Waals surface area contributed by atoms with E-state index in [-0.39, 0.29) is 18.2 Å². The Balaban J connectivity index is 1.40. The average molecular weight is 407 g/mol. The van der Waals surface area contributed by atoms with Crippen LogP contribution >= 0.6 is 11.8 Å². The Morgan fingerprint density at radius 3 is 2.72 bits per heavy atom. The molecule has 1 atom stereocenters. The van der Waals surface area contributed by atoms with E-state index < -0.39 is 6.04 Å². The standard InChI is InChI=1S/C22H22N4O2S/c1-16-4-2-5-18(12-16)24-22(28)20-14-29-15-25(20)21(27)13-17-6-8-19(9-7-17)26-11-3-10-23-26/h2-12,20H,13-15H2,1H3,(H,24,28). The van der Waals surface area contributed by atoms with E-state index >= 15 is 0 Å². The number of hydrogen-bond donors (Lipinski definition) is 1. The second-order valence-corrected chi connectivity index (χ2v) is 8.03. The van der Waals surface area contributed by atoms with Gasteiger partial charge in [0.2, 0.25) is 11.8 Å². The van der Waals surface area contributed by atoms with Crippen LogP contribution in [0.4, 0.5) is 5.69 Å². The van der Waals surface area contributed by atoms with Gasteiger partial charge in [0.05, 0.1) is 18.0 Å². The summed E-state index contributed by atoms with van der Waals surface area (Å²) in [7, 11) is 0. The Bertz CT molecular complexity index is 1000. The monoisotopic (exact) mass is 406 g/mol. The lowest BCUT2D eigenvalue weighted by molar-refractivity contribution is -0.135. The van der Waals surface area contributed by atoms with Gasteiger partial charge in [0.15, 0.2) is 0 Å². The molecule has 29 heavy (non-hydrogen) atoms. The third kappa shape index (κ3) is 4.51. The molecule has 3 aromatic rings. The molecule has 4 rings (SSSR count). The van der Waals surface area contributed by atoms with Crippen molar-refractivity contribution in [3.05, 3.63) is 78.1 Å². The number of nitrogens with zero attached hydrogens (tertiary/aromatic N) is 3. The van der Waals surface area contributed by atoms with E-state index in [0.717, 1.165) is 22.5 Å². The quantitative estimate of drug-likeness (QED) is 0.706. The molecule has 1 aliphatic rings. The van der Waals surface area contributed by atoms with Gasteiger partial charge in [-0.15, -0.1) is 11.8 Å². The van der Waals surface area contributed by atoms with Crippen molar-refractivity contribution in [1.29, 1.82) is 0 Å². The summed E-state index contributed by atoms with van der Waals surface area (Å²) in [6.45, 7) is 1.98. The molecule has 0 saturated carbocycles. The molecule has 1 fully saturated rings. The van der Waals surface area contributed by atoms with Gasteiger partial charge in [-0.1, -0.05) is 24.3 Å². The summed E-state index contributed by atoms with van der Waals surface area (Å²) in [6, 6.07) is 16.8. The predicted molar refractivity (Wildman–Crippen MR) is 115 cm³/mol. The molecule has 1 aliphatic heterocycles. The first-order valence-corrected chi connectivity index (χ1v) is 10.6. The smallest absolute Gasteiger partial charge is 0.248 e. The lowest BCUT2D eigenvalue weighted by Crippen LogP contribution is -2.45. The molecule has 0 spiro atoms. The Morgan fingerprint density at radius 1 is 1.17 bits per heavy atom. The number of benzene rings is 2. The van der Waals surface area contributed by atoms with Crippen molar-refractivity contribution in [3.63, 3.8) is 0 Å². The Hall–Kier alpha value is -3.06. The number of anilines is 1. The molecule has 1 unspecified atom stereocenters. The first-order chi connectivity index (χ1) is 14.1. The van der Waals surface area contributed by atoms with Gasteiger partial charge in [-0.3, -0.25) is 9.59 Å². The maximum absolute atomic E-state index is 12.9. The summed E-state index contributed by atoms with van der Waals surface area (Å²) in [5.41, 5.74) is 3.70. The minimum atomic E-state index is -0.448. The first kappa shape index (κ1) is 19.3. The number of nitrogens with one attached hydrogen (secondary N) is 1. The molecule has 1 aromatic heterocycles. The van der Waals surface area contributed by atoms with Crippen LogP contribution in [0.1, 0.15) is 11.1 Å². The van der Waals surface area contributed by atoms with Crippen LogP contribution in [0.15, 0.2) is 67.0 Å². The zero-order chi connectivity index (χ0) is 20.2. The van der Waals surface area contributed by atoms with Crippen LogP contribution in [0, 0.1) is 6.92 Å². The van der Waals surface area contributed by atoms with Crippen molar-refractivity contribution < 1.29 is 9.59 Å². The van der Waals surface area contributed by atoms with Crippen molar-refractivity contribution in [1.82, 2.24) is 14.7 Å². The molecular weight excluding hydrogens is 384 g/mol. The van der Waals surface area contributed by atoms with Gasteiger partial charge in [-0.25, -0.2) is 4.68 Å². The summed E-state index contributed by atoms with van der Waals surface area (Å²) < 4.78 is 1.77. The van der Waals surface area contributed by atoms with Gasteiger partial charge < -0.3 is 10.2 Å². The number of carbonyl (C=O) groups is 2. The van der Waals surface area contributed by atoms with Crippen molar-refractivity contribution in [2.24, 2.45) is 0 Å². The molecule has 7 heteroatoms. The predicted octanol–water partition coefficient (Wildman–Crippen LogP) is 3.26. The Labute approximate surface area is 173 Å². The third-order valence-electron chi connectivity index (χ3n) is 4.85. The summed E-state index contributed by atoms with van der Waals surface area (Å²) in [6.07, 6.45) is 3.87. The molecular formula is C22H22N4O2S. The van der Waals surface area contributed by atoms with Gasteiger partial charge >= 0.3 is 0 Å². The van der Waals surface area contributed by atoms with E-state index in [2.05, 4.69) is 10.4 Å². The highest BCUT2D eigenvalue weighted by Crippen LogP contribution is 2.24. The number of rotatable bonds is 5. The first-order valence-electron chi connectivity index (χ1n) is 9.44. The van der Waals surface area contributed by atoms with Crippen molar-refractivity contribution in [2.45, 2.75) is 19.4 Å². The molecule has 2 amide bonds. The van der Waals surface area contributed by atoms with E-state index in [1.54, 1.807) is 27.5 Å². The van der Waals surface area contributed by atoms with Crippen LogP contribution in [-0.4, -0.2) is 44.2 Å². The van der Waals surface area contributed by atoms with Gasteiger partial charge in [-0.05, 0) is 48.4 Å². The Morgan fingerprint density at radius 2 is 2.00 bits per heavy atom. The number of aryl methyl sites for hydroxylation is 1. The van der Waals surface area contributed by atoms with Crippen LogP contribution < -0.4 is 5.32 Å². The van der Waals surface area contributed by atoms with E-state index in [4.69, 9.17) is 0 Å². The number of aromatic nitrogens is 2. The highest BCUT2D eigenvalue weighted by molar-refractivity contribution is 7.99. The second-order valence-electron chi connectivity index (χ2n) is 7.03. The molecule has 0 aliphatic carbocycles. The Kier molecular flexibility index (Phi) is 5.67. The molecule has 2 heterocycles. The molecule has 1 N–H and O–H groups in total. The normalized spacial score (nSPS) is 16.0. The van der Waals surface area contributed by atoms with Gasteiger partial charge in [0.25, 0.3) is 0 Å². The molecule has 1 saturated heterocycles. The topological polar surface area (TPSA) is 67.2 Å². The highest BCUT2D eigenvalue weighted by Gasteiger charge is 2.34. The van der Waals surface area contributed by atoms with Crippen LogP contribution in [0.3, 0.4) is 0 Å². The minimum absolute atomic E-state index is 0.0359. The fourth-order valence-corrected chi connectivity index (χ4v) is 4.50. The van der Waals surface area contributed by atoms with Gasteiger partial charge in [0, 0.05) is 23.8 Å². The summed E-state index contributed by atoms with van der Waals surface area (Å²) in [4.78, 5) is 27.3. The van der Waals surface area contributed by atoms with E-state index in [1.807, 2.05) is 67.7 Å². The second kappa shape index (κ2) is 8.53. The fraction of sp³-hybridized carbons (Fsp3) is 0.227. The third-order valence-corrected chi connectivity index (χ3v) is 5.86. The number of thioether (sulfide) groups is 1.